The maximum atomic E-state index is 12.6. The van der Waals surface area contributed by atoms with Gasteiger partial charge in [0.2, 0.25) is 0 Å². The Morgan fingerprint density at radius 3 is 2.46 bits per heavy atom. The van der Waals surface area contributed by atoms with Crippen molar-refractivity contribution >= 4 is 11.9 Å². The van der Waals surface area contributed by atoms with Crippen LogP contribution in [0, 0.1) is 11.3 Å². The van der Waals surface area contributed by atoms with Gasteiger partial charge in [0.1, 0.15) is 5.54 Å². The van der Waals surface area contributed by atoms with E-state index in [4.69, 9.17) is 11.0 Å². The van der Waals surface area contributed by atoms with Crippen molar-refractivity contribution in [3.05, 3.63) is 35.4 Å². The largest absolute Gasteiger partial charge is 0.329 e. The number of benzene rings is 1. The number of carbonyl (C=O) groups is 2. The number of nitrogens with one attached hydrogen (secondary N) is 1. The number of rotatable bonds is 4. The molecule has 2 aliphatic heterocycles. The molecule has 0 aliphatic carbocycles. The molecule has 0 aromatic heterocycles. The summed E-state index contributed by atoms with van der Waals surface area (Å²) in [7, 11) is 0. The van der Waals surface area contributed by atoms with Gasteiger partial charge in [-0.05, 0) is 30.5 Å². The molecule has 2 saturated heterocycles. The lowest BCUT2D eigenvalue weighted by Crippen LogP contribution is -2.54. The smallest absolute Gasteiger partial charge is 0.325 e. The van der Waals surface area contributed by atoms with Gasteiger partial charge in [-0.3, -0.25) is 14.6 Å². The van der Waals surface area contributed by atoms with Gasteiger partial charge in [0.05, 0.1) is 11.6 Å². The van der Waals surface area contributed by atoms with Crippen molar-refractivity contribution in [2.45, 2.75) is 24.9 Å². The molecule has 2 fully saturated rings. The zero-order valence-electron chi connectivity index (χ0n) is 13.5. The van der Waals surface area contributed by atoms with Gasteiger partial charge in [0, 0.05) is 32.7 Å². The van der Waals surface area contributed by atoms with Crippen LogP contribution in [0.3, 0.4) is 0 Å². The quantitative estimate of drug-likeness (QED) is 0.780. The molecular formula is C17H21N5O2. The summed E-state index contributed by atoms with van der Waals surface area (Å²) in [5, 5.41) is 11.7. The summed E-state index contributed by atoms with van der Waals surface area (Å²) in [5.41, 5.74) is 6.51. The highest BCUT2D eigenvalue weighted by molar-refractivity contribution is 6.07. The first-order chi connectivity index (χ1) is 11.6. The highest BCUT2D eigenvalue weighted by Crippen LogP contribution is 2.29. The molecule has 0 radical (unpaired) electrons. The Bertz CT molecular complexity index is 671. The van der Waals surface area contributed by atoms with Crippen LogP contribution in [0.25, 0.3) is 0 Å². The second-order valence-electron chi connectivity index (χ2n) is 6.34. The number of likely N-dealkylation sites (tertiary alicyclic amines) is 1. The van der Waals surface area contributed by atoms with Crippen LogP contribution in [-0.4, -0.2) is 53.5 Å². The first kappa shape index (κ1) is 16.4. The molecule has 2 aliphatic rings. The highest BCUT2D eigenvalue weighted by atomic mass is 16.2. The van der Waals surface area contributed by atoms with Gasteiger partial charge in [-0.15, -0.1) is 0 Å². The lowest BCUT2D eigenvalue weighted by molar-refractivity contribution is -0.132. The molecule has 7 heteroatoms. The van der Waals surface area contributed by atoms with Crippen LogP contribution in [0.4, 0.5) is 4.79 Å². The molecule has 3 amide bonds. The van der Waals surface area contributed by atoms with Crippen LogP contribution in [0.2, 0.25) is 0 Å². The summed E-state index contributed by atoms with van der Waals surface area (Å²) in [6, 6.07) is 9.31. The predicted molar refractivity (Wildman–Crippen MR) is 87.7 cm³/mol. The SMILES string of the molecule is N#Cc1ccc(CN2CCC3(CC2)NC(=O)N(CCN)C3=O)cc1. The minimum atomic E-state index is -0.757. The number of urea groups is 1. The summed E-state index contributed by atoms with van der Waals surface area (Å²) in [5.74, 6) is -0.143. The maximum absolute atomic E-state index is 12.6. The van der Waals surface area contributed by atoms with E-state index in [0.717, 1.165) is 25.2 Å². The first-order valence-corrected chi connectivity index (χ1v) is 8.13. The molecular weight excluding hydrogens is 306 g/mol. The first-order valence-electron chi connectivity index (χ1n) is 8.13. The van der Waals surface area contributed by atoms with Crippen molar-refractivity contribution < 1.29 is 9.59 Å². The van der Waals surface area contributed by atoms with Crippen LogP contribution < -0.4 is 11.1 Å². The second-order valence-corrected chi connectivity index (χ2v) is 6.34. The second kappa shape index (κ2) is 6.59. The molecule has 0 saturated carbocycles. The summed E-state index contributed by atoms with van der Waals surface area (Å²) < 4.78 is 0. The van der Waals surface area contributed by atoms with Gasteiger partial charge in [0.15, 0.2) is 0 Å². The molecule has 7 nitrogen and oxygen atoms in total. The maximum Gasteiger partial charge on any atom is 0.325 e. The van der Waals surface area contributed by atoms with Gasteiger partial charge in [-0.1, -0.05) is 12.1 Å². The van der Waals surface area contributed by atoms with Crippen molar-refractivity contribution in [2.24, 2.45) is 5.73 Å². The van der Waals surface area contributed by atoms with E-state index >= 15 is 0 Å². The molecule has 1 aromatic carbocycles. The van der Waals surface area contributed by atoms with E-state index in [0.29, 0.717) is 18.4 Å². The number of nitrogens with two attached hydrogens (primary N) is 1. The molecule has 0 atom stereocenters. The Morgan fingerprint density at radius 1 is 1.21 bits per heavy atom. The number of imide groups is 1. The minimum Gasteiger partial charge on any atom is -0.329 e. The van der Waals surface area contributed by atoms with Gasteiger partial charge in [-0.2, -0.15) is 5.26 Å². The van der Waals surface area contributed by atoms with E-state index in [9.17, 15) is 9.59 Å². The Morgan fingerprint density at radius 2 is 1.88 bits per heavy atom. The standard InChI is InChI=1S/C17H21N5O2/c18-7-10-22-15(23)17(20-16(22)24)5-8-21(9-6-17)12-14-3-1-13(11-19)2-4-14/h1-4H,5-10,12,18H2,(H,20,24). The van der Waals surface area contributed by atoms with E-state index in [2.05, 4.69) is 16.3 Å². The summed E-state index contributed by atoms with van der Waals surface area (Å²) >= 11 is 0. The summed E-state index contributed by atoms with van der Waals surface area (Å²) in [6.45, 7) is 2.79. The van der Waals surface area contributed by atoms with Crippen LogP contribution in [0.1, 0.15) is 24.0 Å². The summed E-state index contributed by atoms with van der Waals surface area (Å²) in [6.07, 6.45) is 1.21. The van der Waals surface area contributed by atoms with Gasteiger partial charge >= 0.3 is 6.03 Å². The van der Waals surface area contributed by atoms with E-state index < -0.39 is 5.54 Å². The summed E-state index contributed by atoms with van der Waals surface area (Å²) in [4.78, 5) is 28.0. The Kier molecular flexibility index (Phi) is 4.51. The zero-order valence-corrected chi connectivity index (χ0v) is 13.5. The fourth-order valence-electron chi connectivity index (χ4n) is 3.38. The third-order valence-corrected chi connectivity index (χ3v) is 4.80. The van der Waals surface area contributed by atoms with Crippen LogP contribution in [-0.2, 0) is 11.3 Å². The number of amides is 3. The van der Waals surface area contributed by atoms with E-state index in [1.807, 2.05) is 24.3 Å². The Hall–Kier alpha value is -2.43. The van der Waals surface area contributed by atoms with Gasteiger partial charge in [0.25, 0.3) is 5.91 Å². The number of nitrogens with zero attached hydrogens (tertiary/aromatic N) is 3. The molecule has 0 bridgehead atoms. The van der Waals surface area contributed by atoms with Gasteiger partial charge < -0.3 is 11.1 Å². The number of nitriles is 1. The number of piperidine rings is 1. The van der Waals surface area contributed by atoms with E-state index in [-0.39, 0.29) is 25.0 Å². The van der Waals surface area contributed by atoms with Crippen molar-refractivity contribution in [3.8, 4) is 6.07 Å². The molecule has 3 rings (SSSR count). The third-order valence-electron chi connectivity index (χ3n) is 4.80. The average Bonchev–Trinajstić information content (AvgIpc) is 2.82. The zero-order chi connectivity index (χ0) is 17.2. The van der Waals surface area contributed by atoms with Crippen LogP contribution >= 0.6 is 0 Å². The molecule has 126 valence electrons. The van der Waals surface area contributed by atoms with Crippen molar-refractivity contribution in [1.82, 2.24) is 15.1 Å². The lowest BCUT2D eigenvalue weighted by atomic mass is 9.87. The highest BCUT2D eigenvalue weighted by Gasteiger charge is 2.51. The van der Waals surface area contributed by atoms with Gasteiger partial charge in [-0.25, -0.2) is 4.79 Å². The minimum absolute atomic E-state index is 0.143. The lowest BCUT2D eigenvalue weighted by Gasteiger charge is -2.37. The number of hydrogen-bond donors (Lipinski definition) is 2. The fraction of sp³-hybridized carbons (Fsp3) is 0.471. The van der Waals surface area contributed by atoms with Crippen LogP contribution in [0.15, 0.2) is 24.3 Å². The Balaban J connectivity index is 1.60. The fourth-order valence-corrected chi connectivity index (χ4v) is 3.38. The molecule has 3 N–H and O–H groups in total. The number of hydrogen-bond acceptors (Lipinski definition) is 5. The predicted octanol–water partition coefficient (Wildman–Crippen LogP) is 0.403. The Labute approximate surface area is 141 Å². The molecule has 24 heavy (non-hydrogen) atoms. The topological polar surface area (TPSA) is 102 Å². The van der Waals surface area contributed by atoms with Crippen molar-refractivity contribution in [3.63, 3.8) is 0 Å². The van der Waals surface area contributed by atoms with Crippen LogP contribution in [0.5, 0.6) is 0 Å². The van der Waals surface area contributed by atoms with Crippen molar-refractivity contribution in [2.75, 3.05) is 26.2 Å². The normalized spacial score (nSPS) is 20.2. The molecule has 1 spiro atoms. The number of carbonyl (C=O) groups excluding carboxylic acids is 2. The van der Waals surface area contributed by atoms with E-state index in [1.165, 1.54) is 4.90 Å². The van der Waals surface area contributed by atoms with E-state index in [1.54, 1.807) is 0 Å². The molecule has 1 aromatic rings. The monoisotopic (exact) mass is 327 g/mol. The van der Waals surface area contributed by atoms with Crippen molar-refractivity contribution in [1.29, 1.82) is 5.26 Å². The third kappa shape index (κ3) is 2.98. The molecule has 2 heterocycles. The molecule has 0 unspecified atom stereocenters. The average molecular weight is 327 g/mol.